The van der Waals surface area contributed by atoms with Crippen molar-refractivity contribution in [3.63, 3.8) is 0 Å². The summed E-state index contributed by atoms with van der Waals surface area (Å²) in [5, 5.41) is 6.42. The fourth-order valence-electron chi connectivity index (χ4n) is 2.68. The number of aromatic nitrogens is 2. The molecule has 2 aromatic rings. The molecule has 1 aromatic carbocycles. The summed E-state index contributed by atoms with van der Waals surface area (Å²) in [6.07, 6.45) is 3.85. The van der Waals surface area contributed by atoms with Crippen LogP contribution in [0.2, 0.25) is 0 Å². The molecule has 0 bridgehead atoms. The number of rotatable bonds is 3. The van der Waals surface area contributed by atoms with Gasteiger partial charge in [-0.2, -0.15) is 0 Å². The normalized spacial score (nSPS) is 18.1. The predicted octanol–water partition coefficient (Wildman–Crippen LogP) is 1.68. The largest absolute Gasteiger partial charge is 0.351 e. The van der Waals surface area contributed by atoms with E-state index in [-0.39, 0.29) is 11.3 Å². The number of fused-ring (bicyclic) bond motifs is 1. The number of amides is 1. The molecule has 1 saturated heterocycles. The molecule has 20 heavy (non-hydrogen) atoms. The Bertz CT molecular complexity index is 613. The van der Waals surface area contributed by atoms with E-state index < -0.39 is 0 Å². The van der Waals surface area contributed by atoms with Gasteiger partial charge in [-0.05, 0) is 49.5 Å². The van der Waals surface area contributed by atoms with E-state index in [9.17, 15) is 4.79 Å². The molecule has 5 heteroatoms. The molecule has 3 N–H and O–H groups in total. The summed E-state index contributed by atoms with van der Waals surface area (Å²) < 4.78 is 0. The van der Waals surface area contributed by atoms with Crippen LogP contribution in [0, 0.1) is 5.41 Å². The van der Waals surface area contributed by atoms with Crippen molar-refractivity contribution in [2.75, 3.05) is 19.6 Å². The number of imidazole rings is 1. The van der Waals surface area contributed by atoms with Crippen LogP contribution in [-0.4, -0.2) is 35.5 Å². The van der Waals surface area contributed by atoms with Crippen LogP contribution in [0.1, 0.15) is 30.1 Å². The van der Waals surface area contributed by atoms with Gasteiger partial charge in [-0.15, -0.1) is 0 Å². The molecule has 1 aliphatic heterocycles. The van der Waals surface area contributed by atoms with Gasteiger partial charge in [-0.3, -0.25) is 4.79 Å². The monoisotopic (exact) mass is 272 g/mol. The summed E-state index contributed by atoms with van der Waals surface area (Å²) in [4.78, 5) is 19.4. The van der Waals surface area contributed by atoms with Gasteiger partial charge in [0.15, 0.2) is 0 Å². The number of nitrogens with one attached hydrogen (secondary N) is 3. The van der Waals surface area contributed by atoms with Gasteiger partial charge in [0.05, 0.1) is 17.4 Å². The summed E-state index contributed by atoms with van der Waals surface area (Å²) >= 11 is 0. The van der Waals surface area contributed by atoms with Crippen LogP contribution in [0.15, 0.2) is 24.5 Å². The molecule has 1 fully saturated rings. The molecular weight excluding hydrogens is 252 g/mol. The molecule has 1 amide bonds. The van der Waals surface area contributed by atoms with E-state index in [1.807, 2.05) is 18.2 Å². The van der Waals surface area contributed by atoms with E-state index in [0.717, 1.165) is 43.5 Å². The SMILES string of the molecule is CC1(CNC(=O)c2ccc3nc[nH]c3c2)CCNCC1. The van der Waals surface area contributed by atoms with Gasteiger partial charge in [0.1, 0.15) is 0 Å². The minimum atomic E-state index is -0.0127. The van der Waals surface area contributed by atoms with Crippen LogP contribution in [-0.2, 0) is 0 Å². The lowest BCUT2D eigenvalue weighted by atomic mass is 9.81. The van der Waals surface area contributed by atoms with Gasteiger partial charge in [0.2, 0.25) is 0 Å². The fraction of sp³-hybridized carbons (Fsp3) is 0.467. The fourth-order valence-corrected chi connectivity index (χ4v) is 2.68. The van der Waals surface area contributed by atoms with Crippen LogP contribution in [0.25, 0.3) is 11.0 Å². The topological polar surface area (TPSA) is 69.8 Å². The summed E-state index contributed by atoms with van der Waals surface area (Å²) in [7, 11) is 0. The van der Waals surface area contributed by atoms with Crippen LogP contribution in [0.4, 0.5) is 0 Å². The van der Waals surface area contributed by atoms with Crippen molar-refractivity contribution in [3.8, 4) is 0 Å². The van der Waals surface area contributed by atoms with Gasteiger partial charge in [-0.25, -0.2) is 4.98 Å². The maximum absolute atomic E-state index is 12.2. The Morgan fingerprint density at radius 1 is 1.40 bits per heavy atom. The first-order valence-corrected chi connectivity index (χ1v) is 7.08. The van der Waals surface area contributed by atoms with E-state index in [2.05, 4.69) is 27.5 Å². The van der Waals surface area contributed by atoms with E-state index in [1.165, 1.54) is 0 Å². The van der Waals surface area contributed by atoms with Crippen molar-refractivity contribution in [1.82, 2.24) is 20.6 Å². The molecule has 0 unspecified atom stereocenters. The Morgan fingerprint density at radius 2 is 2.20 bits per heavy atom. The molecule has 2 heterocycles. The summed E-state index contributed by atoms with van der Waals surface area (Å²) in [5.74, 6) is -0.0127. The number of piperidine rings is 1. The number of nitrogens with zero attached hydrogens (tertiary/aromatic N) is 1. The highest BCUT2D eigenvalue weighted by Gasteiger charge is 2.27. The van der Waals surface area contributed by atoms with Gasteiger partial charge in [0.25, 0.3) is 5.91 Å². The number of carbonyl (C=O) groups excluding carboxylic acids is 1. The zero-order valence-electron chi connectivity index (χ0n) is 11.7. The second kappa shape index (κ2) is 5.25. The minimum absolute atomic E-state index is 0.0127. The average Bonchev–Trinajstić information content (AvgIpc) is 2.93. The summed E-state index contributed by atoms with van der Waals surface area (Å²) in [5.41, 5.74) is 2.66. The lowest BCUT2D eigenvalue weighted by Crippen LogP contribution is -2.42. The maximum Gasteiger partial charge on any atom is 0.251 e. The first kappa shape index (κ1) is 13.1. The second-order valence-electron chi connectivity index (χ2n) is 5.88. The second-order valence-corrected chi connectivity index (χ2v) is 5.88. The highest BCUT2D eigenvalue weighted by atomic mass is 16.1. The molecule has 0 atom stereocenters. The van der Waals surface area contributed by atoms with E-state index >= 15 is 0 Å². The molecule has 106 valence electrons. The first-order chi connectivity index (χ1) is 9.66. The molecular formula is C15H20N4O. The van der Waals surface area contributed by atoms with Crippen molar-refractivity contribution >= 4 is 16.9 Å². The molecule has 0 saturated carbocycles. The lowest BCUT2D eigenvalue weighted by Gasteiger charge is -2.34. The Hall–Kier alpha value is -1.88. The van der Waals surface area contributed by atoms with Crippen molar-refractivity contribution in [2.45, 2.75) is 19.8 Å². The number of hydrogen-bond acceptors (Lipinski definition) is 3. The predicted molar refractivity (Wildman–Crippen MR) is 78.6 cm³/mol. The number of benzene rings is 1. The third-order valence-electron chi connectivity index (χ3n) is 4.17. The zero-order valence-corrected chi connectivity index (χ0v) is 11.7. The summed E-state index contributed by atoms with van der Waals surface area (Å²) in [6, 6.07) is 5.54. The lowest BCUT2D eigenvalue weighted by molar-refractivity contribution is 0.0922. The molecule has 0 aliphatic carbocycles. The minimum Gasteiger partial charge on any atom is -0.351 e. The van der Waals surface area contributed by atoms with Gasteiger partial charge in [-0.1, -0.05) is 6.92 Å². The third-order valence-corrected chi connectivity index (χ3v) is 4.17. The quantitative estimate of drug-likeness (QED) is 0.796. The Morgan fingerprint density at radius 3 is 3.00 bits per heavy atom. The summed E-state index contributed by atoms with van der Waals surface area (Å²) in [6.45, 7) is 5.04. The third kappa shape index (κ3) is 2.67. The Kier molecular flexibility index (Phi) is 3.44. The highest BCUT2D eigenvalue weighted by Crippen LogP contribution is 2.26. The molecule has 1 aliphatic rings. The highest BCUT2D eigenvalue weighted by molar-refractivity contribution is 5.97. The van der Waals surface area contributed by atoms with Crippen molar-refractivity contribution in [2.24, 2.45) is 5.41 Å². The molecule has 1 aromatic heterocycles. The smallest absolute Gasteiger partial charge is 0.251 e. The number of aromatic amines is 1. The van der Waals surface area contributed by atoms with Crippen molar-refractivity contribution < 1.29 is 4.79 Å². The average molecular weight is 272 g/mol. The van der Waals surface area contributed by atoms with Crippen LogP contribution in [0.5, 0.6) is 0 Å². The Balaban J connectivity index is 1.66. The van der Waals surface area contributed by atoms with Gasteiger partial charge >= 0.3 is 0 Å². The number of hydrogen-bond donors (Lipinski definition) is 3. The van der Waals surface area contributed by atoms with Crippen molar-refractivity contribution in [1.29, 1.82) is 0 Å². The van der Waals surface area contributed by atoms with Gasteiger partial charge < -0.3 is 15.6 Å². The molecule has 0 spiro atoms. The number of H-pyrrole nitrogens is 1. The molecule has 3 rings (SSSR count). The van der Waals surface area contributed by atoms with Crippen LogP contribution >= 0.6 is 0 Å². The maximum atomic E-state index is 12.2. The van der Waals surface area contributed by atoms with Crippen LogP contribution < -0.4 is 10.6 Å². The van der Waals surface area contributed by atoms with Gasteiger partial charge in [0, 0.05) is 12.1 Å². The van der Waals surface area contributed by atoms with E-state index in [0.29, 0.717) is 5.56 Å². The van der Waals surface area contributed by atoms with E-state index in [4.69, 9.17) is 0 Å². The van der Waals surface area contributed by atoms with Crippen LogP contribution in [0.3, 0.4) is 0 Å². The molecule has 0 radical (unpaired) electrons. The van der Waals surface area contributed by atoms with Crippen molar-refractivity contribution in [3.05, 3.63) is 30.1 Å². The zero-order chi connectivity index (χ0) is 14.0. The standard InChI is InChI=1S/C15H20N4O/c1-15(4-6-16-7-5-15)9-17-14(20)11-2-3-12-13(8-11)19-10-18-12/h2-3,8,10,16H,4-7,9H2,1H3,(H,17,20)(H,18,19). The first-order valence-electron chi connectivity index (χ1n) is 7.08. The number of carbonyl (C=O) groups is 1. The van der Waals surface area contributed by atoms with E-state index in [1.54, 1.807) is 6.33 Å². The Labute approximate surface area is 118 Å². The molecule has 5 nitrogen and oxygen atoms in total.